The largest absolute Gasteiger partial charge is 0.464 e. The van der Waals surface area contributed by atoms with Gasteiger partial charge in [0.05, 0.1) is 12.4 Å². The average molecular weight is 315 g/mol. The highest BCUT2D eigenvalue weighted by Gasteiger charge is 2.27. The number of imidazole rings is 1. The second-order valence-electron chi connectivity index (χ2n) is 5.59. The first kappa shape index (κ1) is 15.0. The summed E-state index contributed by atoms with van der Waals surface area (Å²) in [5.41, 5.74) is 3.40. The van der Waals surface area contributed by atoms with Crippen molar-refractivity contribution in [3.63, 3.8) is 0 Å². The Bertz CT molecular complexity index is 773. The Labute approximate surface area is 132 Å². The number of rotatable bonds is 3. The van der Waals surface area contributed by atoms with E-state index < -0.39 is 6.09 Å². The van der Waals surface area contributed by atoms with Crippen molar-refractivity contribution in [2.75, 3.05) is 5.01 Å². The Balaban J connectivity index is 2.12. The van der Waals surface area contributed by atoms with Crippen LogP contribution in [0.2, 0.25) is 0 Å². The Morgan fingerprint density at radius 1 is 1.43 bits per heavy atom. The quantitative estimate of drug-likeness (QED) is 0.824. The van der Waals surface area contributed by atoms with Gasteiger partial charge >= 0.3 is 6.09 Å². The molecule has 1 aliphatic rings. The Kier molecular flexibility index (Phi) is 3.97. The lowest BCUT2D eigenvalue weighted by Gasteiger charge is -2.34. The predicted molar refractivity (Wildman–Crippen MR) is 81.5 cm³/mol. The molecule has 0 aliphatic heterocycles. The number of hydrogen-bond donors (Lipinski definition) is 2. The van der Waals surface area contributed by atoms with Crippen LogP contribution >= 0.6 is 0 Å². The zero-order valence-corrected chi connectivity index (χ0v) is 12.7. The second-order valence-corrected chi connectivity index (χ2v) is 5.59. The summed E-state index contributed by atoms with van der Waals surface area (Å²) in [5.74, 6) is 0.325. The minimum absolute atomic E-state index is 0.00787. The first-order chi connectivity index (χ1) is 11.1. The van der Waals surface area contributed by atoms with Crippen molar-refractivity contribution in [2.24, 2.45) is 7.05 Å². The van der Waals surface area contributed by atoms with Crippen LogP contribution in [0, 0.1) is 11.3 Å². The monoisotopic (exact) mass is 315 g/mol. The third kappa shape index (κ3) is 2.88. The van der Waals surface area contributed by atoms with Crippen molar-refractivity contribution in [2.45, 2.75) is 38.1 Å². The van der Waals surface area contributed by atoms with E-state index in [1.165, 1.54) is 5.01 Å². The van der Waals surface area contributed by atoms with Crippen LogP contribution in [0.15, 0.2) is 6.33 Å². The molecule has 0 atom stereocenters. The number of hydrogen-bond acceptors (Lipinski definition) is 6. The molecule has 1 saturated carbocycles. The number of anilines is 1. The SMILES string of the molecule is Cn1cnc2c(N(NC(=O)O)C3CCCCC3)nc(C#N)nc21. The van der Waals surface area contributed by atoms with Crippen molar-refractivity contribution in [1.82, 2.24) is 24.9 Å². The molecule has 9 heteroatoms. The molecule has 0 unspecified atom stereocenters. The molecule has 2 aromatic heterocycles. The van der Waals surface area contributed by atoms with Gasteiger partial charge in [-0.1, -0.05) is 19.3 Å². The van der Waals surface area contributed by atoms with Gasteiger partial charge in [0, 0.05) is 7.05 Å². The van der Waals surface area contributed by atoms with E-state index in [-0.39, 0.29) is 11.9 Å². The van der Waals surface area contributed by atoms with E-state index in [4.69, 9.17) is 5.26 Å². The Morgan fingerprint density at radius 2 is 2.17 bits per heavy atom. The van der Waals surface area contributed by atoms with Crippen LogP contribution in [0.25, 0.3) is 11.2 Å². The molecule has 1 fully saturated rings. The molecule has 9 nitrogen and oxygen atoms in total. The summed E-state index contributed by atoms with van der Waals surface area (Å²) < 4.78 is 1.68. The summed E-state index contributed by atoms with van der Waals surface area (Å²) in [5, 5.41) is 19.9. The van der Waals surface area contributed by atoms with E-state index in [9.17, 15) is 9.90 Å². The topological polar surface area (TPSA) is 120 Å². The van der Waals surface area contributed by atoms with Gasteiger partial charge < -0.3 is 9.67 Å². The molecular formula is C14H17N7O2. The van der Waals surface area contributed by atoms with Crippen molar-refractivity contribution in [3.05, 3.63) is 12.2 Å². The lowest BCUT2D eigenvalue weighted by atomic mass is 9.95. The number of carboxylic acid groups (broad SMARTS) is 1. The van der Waals surface area contributed by atoms with Crippen molar-refractivity contribution in [3.8, 4) is 6.07 Å². The van der Waals surface area contributed by atoms with Crippen molar-refractivity contribution in [1.29, 1.82) is 5.26 Å². The molecule has 2 heterocycles. The van der Waals surface area contributed by atoms with Crippen LogP contribution in [-0.2, 0) is 7.05 Å². The summed E-state index contributed by atoms with van der Waals surface area (Å²) in [6.45, 7) is 0. The molecule has 2 aromatic rings. The third-order valence-corrected chi connectivity index (χ3v) is 4.03. The third-order valence-electron chi connectivity index (χ3n) is 4.03. The number of nitriles is 1. The molecule has 1 aliphatic carbocycles. The molecule has 0 aromatic carbocycles. The normalized spacial score (nSPS) is 15.3. The molecule has 1 amide bonds. The molecule has 0 spiro atoms. The van der Waals surface area contributed by atoms with Crippen LogP contribution in [0.5, 0.6) is 0 Å². The van der Waals surface area contributed by atoms with Crippen LogP contribution < -0.4 is 10.4 Å². The predicted octanol–water partition coefficient (Wildman–Crippen LogP) is 1.56. The maximum atomic E-state index is 11.2. The summed E-state index contributed by atoms with van der Waals surface area (Å²) in [4.78, 5) is 23.9. The minimum Gasteiger partial charge on any atom is -0.464 e. The zero-order valence-electron chi connectivity index (χ0n) is 12.7. The number of amides is 1. The van der Waals surface area contributed by atoms with Gasteiger partial charge in [-0.25, -0.2) is 15.2 Å². The number of aryl methyl sites for hydroxylation is 1. The lowest BCUT2D eigenvalue weighted by molar-refractivity contribution is 0.190. The van der Waals surface area contributed by atoms with Gasteiger partial charge in [0.1, 0.15) is 6.07 Å². The number of nitrogens with one attached hydrogen (secondary N) is 1. The summed E-state index contributed by atoms with van der Waals surface area (Å²) in [6, 6.07) is 1.91. The number of carbonyl (C=O) groups is 1. The van der Waals surface area contributed by atoms with Crippen LogP contribution in [0.1, 0.15) is 37.9 Å². The number of aromatic nitrogens is 4. The number of fused-ring (bicyclic) bond motifs is 1. The maximum Gasteiger partial charge on any atom is 0.423 e. The molecule has 0 saturated heterocycles. The highest BCUT2D eigenvalue weighted by molar-refractivity contribution is 5.85. The maximum absolute atomic E-state index is 11.2. The van der Waals surface area contributed by atoms with Gasteiger partial charge in [-0.3, -0.25) is 5.01 Å². The second kappa shape index (κ2) is 6.08. The summed E-state index contributed by atoms with van der Waals surface area (Å²) in [7, 11) is 1.77. The zero-order chi connectivity index (χ0) is 16.4. The number of hydrazine groups is 1. The van der Waals surface area contributed by atoms with Crippen molar-refractivity contribution >= 4 is 23.1 Å². The first-order valence-corrected chi connectivity index (χ1v) is 7.48. The van der Waals surface area contributed by atoms with Gasteiger partial charge in [-0.2, -0.15) is 15.2 Å². The van der Waals surface area contributed by atoms with Crippen LogP contribution in [0.4, 0.5) is 10.6 Å². The van der Waals surface area contributed by atoms with E-state index in [1.54, 1.807) is 17.9 Å². The standard InChI is InChI=1S/C14H17N7O2/c1-20-8-16-11-12(20)17-10(7-15)18-13(11)21(19-14(22)23)9-5-3-2-4-6-9/h8-9,19H,2-6H2,1H3,(H,22,23). The first-order valence-electron chi connectivity index (χ1n) is 7.48. The molecule has 2 N–H and O–H groups in total. The van der Waals surface area contributed by atoms with E-state index in [1.807, 2.05) is 6.07 Å². The Morgan fingerprint density at radius 3 is 2.83 bits per heavy atom. The molecule has 0 bridgehead atoms. The van der Waals surface area contributed by atoms with E-state index in [0.717, 1.165) is 32.1 Å². The summed E-state index contributed by atoms with van der Waals surface area (Å²) in [6.07, 6.45) is 5.33. The number of nitrogens with zero attached hydrogens (tertiary/aromatic N) is 6. The smallest absolute Gasteiger partial charge is 0.423 e. The van der Waals surface area contributed by atoms with Gasteiger partial charge in [0.15, 0.2) is 17.0 Å². The molecule has 120 valence electrons. The van der Waals surface area contributed by atoms with Gasteiger partial charge in [0.2, 0.25) is 5.82 Å². The fourth-order valence-corrected chi connectivity index (χ4v) is 2.97. The average Bonchev–Trinajstić information content (AvgIpc) is 2.94. The van der Waals surface area contributed by atoms with Crippen LogP contribution in [0.3, 0.4) is 0 Å². The molecule has 23 heavy (non-hydrogen) atoms. The highest BCUT2D eigenvalue weighted by Crippen LogP contribution is 2.28. The molecular weight excluding hydrogens is 298 g/mol. The summed E-state index contributed by atoms with van der Waals surface area (Å²) >= 11 is 0. The van der Waals surface area contributed by atoms with Crippen LogP contribution in [-0.4, -0.2) is 36.8 Å². The van der Waals surface area contributed by atoms with E-state index in [0.29, 0.717) is 17.0 Å². The van der Waals surface area contributed by atoms with E-state index in [2.05, 4.69) is 20.4 Å². The van der Waals surface area contributed by atoms with E-state index >= 15 is 0 Å². The minimum atomic E-state index is -1.17. The highest BCUT2D eigenvalue weighted by atomic mass is 16.4. The fourth-order valence-electron chi connectivity index (χ4n) is 2.97. The lowest BCUT2D eigenvalue weighted by Crippen LogP contribution is -2.49. The Hall–Kier alpha value is -2.89. The van der Waals surface area contributed by atoms with Gasteiger partial charge in [-0.05, 0) is 12.8 Å². The fraction of sp³-hybridized carbons (Fsp3) is 0.500. The van der Waals surface area contributed by atoms with Crippen molar-refractivity contribution < 1.29 is 9.90 Å². The van der Waals surface area contributed by atoms with Gasteiger partial charge in [-0.15, -0.1) is 0 Å². The molecule has 0 radical (unpaired) electrons. The van der Waals surface area contributed by atoms with Gasteiger partial charge in [0.25, 0.3) is 0 Å². The molecule has 3 rings (SSSR count).